The fourth-order valence-corrected chi connectivity index (χ4v) is 2.54. The number of nitrogens with one attached hydrogen (secondary N) is 1. The number of amides is 1. The monoisotopic (exact) mass is 385 g/mol. The third kappa shape index (κ3) is 6.87. The van der Waals surface area contributed by atoms with Gasteiger partial charge in [-0.1, -0.05) is 12.1 Å². The molecule has 0 aromatic heterocycles. The number of hydrogen-bond donors (Lipinski definition) is 1. The molecular weight excluding hydrogens is 358 g/mol. The number of carbonyl (C=O) groups is 1. The molecule has 0 spiro atoms. The Hall–Kier alpha value is -2.57. The van der Waals surface area contributed by atoms with Gasteiger partial charge in [-0.2, -0.15) is 0 Å². The highest BCUT2D eigenvalue weighted by Crippen LogP contribution is 2.30. The second-order valence-corrected chi connectivity index (χ2v) is 6.67. The minimum Gasteiger partial charge on any atom is -0.491 e. The van der Waals surface area contributed by atoms with E-state index in [1.165, 1.54) is 0 Å². The molecule has 0 bridgehead atoms. The minimum absolute atomic E-state index is 0.109. The first-order valence-corrected chi connectivity index (χ1v) is 9.57. The van der Waals surface area contributed by atoms with Gasteiger partial charge in [0.05, 0.1) is 19.8 Å². The molecule has 0 saturated heterocycles. The zero-order valence-corrected chi connectivity index (χ0v) is 16.2. The molecule has 150 valence electrons. The summed E-state index contributed by atoms with van der Waals surface area (Å²) in [5, 5.41) is 2.92. The Morgan fingerprint density at radius 3 is 2.21 bits per heavy atom. The van der Waals surface area contributed by atoms with Gasteiger partial charge in [-0.15, -0.1) is 0 Å². The molecule has 28 heavy (non-hydrogen) atoms. The summed E-state index contributed by atoms with van der Waals surface area (Å²) < 4.78 is 21.7. The van der Waals surface area contributed by atoms with E-state index in [1.54, 1.807) is 7.11 Å². The van der Waals surface area contributed by atoms with E-state index in [0.29, 0.717) is 33.0 Å². The van der Waals surface area contributed by atoms with Crippen molar-refractivity contribution in [2.45, 2.75) is 19.4 Å². The van der Waals surface area contributed by atoms with Gasteiger partial charge in [0.1, 0.15) is 24.7 Å². The van der Waals surface area contributed by atoms with Crippen LogP contribution in [0, 0.1) is 5.92 Å². The Bertz CT molecular complexity index is 726. The molecule has 1 N–H and O–H groups in total. The van der Waals surface area contributed by atoms with E-state index in [-0.39, 0.29) is 11.8 Å². The predicted octanol–water partition coefficient (Wildman–Crippen LogP) is 3.66. The van der Waals surface area contributed by atoms with Crippen LogP contribution in [0.15, 0.2) is 48.5 Å². The minimum atomic E-state index is 0.109. The molecule has 1 amide bonds. The van der Waals surface area contributed by atoms with Crippen molar-refractivity contribution in [3.8, 4) is 11.5 Å². The van der Waals surface area contributed by atoms with Crippen molar-refractivity contribution in [2.24, 2.45) is 5.92 Å². The van der Waals surface area contributed by atoms with E-state index in [1.807, 2.05) is 48.5 Å². The van der Waals surface area contributed by atoms with Crippen molar-refractivity contribution in [1.29, 1.82) is 0 Å². The summed E-state index contributed by atoms with van der Waals surface area (Å²) in [5.41, 5.74) is 1.85. The second kappa shape index (κ2) is 10.7. The van der Waals surface area contributed by atoms with Crippen molar-refractivity contribution >= 4 is 11.6 Å². The lowest BCUT2D eigenvalue weighted by Gasteiger charge is -2.10. The molecule has 0 heterocycles. The van der Waals surface area contributed by atoms with Gasteiger partial charge in [0.25, 0.3) is 0 Å². The number of rotatable bonds is 12. The van der Waals surface area contributed by atoms with Crippen LogP contribution in [-0.4, -0.2) is 39.4 Å². The van der Waals surface area contributed by atoms with E-state index in [4.69, 9.17) is 18.9 Å². The number of anilines is 1. The molecule has 2 aromatic carbocycles. The molecule has 3 rings (SSSR count). The highest BCUT2D eigenvalue weighted by Gasteiger charge is 2.29. The first-order valence-electron chi connectivity index (χ1n) is 9.57. The quantitative estimate of drug-likeness (QED) is 0.565. The maximum absolute atomic E-state index is 11.8. The van der Waals surface area contributed by atoms with Gasteiger partial charge in [0.2, 0.25) is 5.91 Å². The smallest absolute Gasteiger partial charge is 0.227 e. The lowest BCUT2D eigenvalue weighted by atomic mass is 10.2. The van der Waals surface area contributed by atoms with Crippen molar-refractivity contribution < 1.29 is 23.7 Å². The average Bonchev–Trinajstić information content (AvgIpc) is 3.56. The van der Waals surface area contributed by atoms with Gasteiger partial charge < -0.3 is 24.3 Å². The summed E-state index contributed by atoms with van der Waals surface area (Å²) in [7, 11) is 1.65. The van der Waals surface area contributed by atoms with Crippen LogP contribution in [0.4, 0.5) is 5.69 Å². The molecule has 1 fully saturated rings. The Balaban J connectivity index is 1.36. The van der Waals surface area contributed by atoms with Gasteiger partial charge in [-0.05, 0) is 54.8 Å². The lowest BCUT2D eigenvalue weighted by molar-refractivity contribution is -0.117. The van der Waals surface area contributed by atoms with Gasteiger partial charge >= 0.3 is 0 Å². The van der Waals surface area contributed by atoms with Gasteiger partial charge in [-0.25, -0.2) is 0 Å². The van der Waals surface area contributed by atoms with Crippen LogP contribution in [-0.2, 0) is 20.9 Å². The lowest BCUT2D eigenvalue weighted by Crippen LogP contribution is -2.13. The third-order valence-corrected chi connectivity index (χ3v) is 4.33. The molecule has 0 aliphatic heterocycles. The van der Waals surface area contributed by atoms with Crippen molar-refractivity contribution in [3.05, 3.63) is 54.1 Å². The van der Waals surface area contributed by atoms with Crippen molar-refractivity contribution in [2.75, 3.05) is 38.9 Å². The third-order valence-electron chi connectivity index (χ3n) is 4.33. The van der Waals surface area contributed by atoms with Crippen LogP contribution < -0.4 is 14.8 Å². The Labute approximate surface area is 165 Å². The number of benzene rings is 2. The zero-order chi connectivity index (χ0) is 19.6. The highest BCUT2D eigenvalue weighted by atomic mass is 16.5. The molecule has 0 unspecified atom stereocenters. The largest absolute Gasteiger partial charge is 0.491 e. The summed E-state index contributed by atoms with van der Waals surface area (Å²) in [6, 6.07) is 15.3. The summed E-state index contributed by atoms with van der Waals surface area (Å²) in [5.74, 6) is 1.87. The zero-order valence-electron chi connectivity index (χ0n) is 16.2. The maximum atomic E-state index is 11.8. The van der Waals surface area contributed by atoms with E-state index >= 15 is 0 Å². The molecule has 1 saturated carbocycles. The van der Waals surface area contributed by atoms with Crippen LogP contribution in [0.25, 0.3) is 0 Å². The average molecular weight is 385 g/mol. The Morgan fingerprint density at radius 2 is 1.54 bits per heavy atom. The number of ether oxygens (including phenoxy) is 4. The van der Waals surface area contributed by atoms with E-state index < -0.39 is 0 Å². The van der Waals surface area contributed by atoms with Crippen LogP contribution >= 0.6 is 0 Å². The predicted molar refractivity (Wildman–Crippen MR) is 107 cm³/mol. The van der Waals surface area contributed by atoms with Crippen LogP contribution in [0.2, 0.25) is 0 Å². The standard InChI is InChI=1S/C22H27NO5/c1-25-12-13-26-14-15-27-20-8-2-17(3-9-20)16-28-21-10-6-19(7-11-21)23-22(24)18-4-5-18/h2-3,6-11,18H,4-5,12-16H2,1H3,(H,23,24). The van der Waals surface area contributed by atoms with Crippen LogP contribution in [0.5, 0.6) is 11.5 Å². The molecule has 0 radical (unpaired) electrons. The molecule has 2 aromatic rings. The second-order valence-electron chi connectivity index (χ2n) is 6.67. The van der Waals surface area contributed by atoms with Crippen molar-refractivity contribution in [1.82, 2.24) is 0 Å². The molecule has 1 aliphatic rings. The fraction of sp³-hybridized carbons (Fsp3) is 0.409. The van der Waals surface area contributed by atoms with E-state index in [0.717, 1.165) is 35.6 Å². The van der Waals surface area contributed by atoms with E-state index in [2.05, 4.69) is 5.32 Å². The molecular formula is C22H27NO5. The first-order chi connectivity index (χ1) is 13.7. The fourth-order valence-electron chi connectivity index (χ4n) is 2.54. The summed E-state index contributed by atoms with van der Waals surface area (Å²) in [6.45, 7) is 2.67. The van der Waals surface area contributed by atoms with Crippen LogP contribution in [0.1, 0.15) is 18.4 Å². The number of methoxy groups -OCH3 is 1. The van der Waals surface area contributed by atoms with E-state index in [9.17, 15) is 4.79 Å². The summed E-state index contributed by atoms with van der Waals surface area (Å²) >= 11 is 0. The van der Waals surface area contributed by atoms with Gasteiger partial charge in [-0.3, -0.25) is 4.79 Å². The topological polar surface area (TPSA) is 66.0 Å². The number of carbonyl (C=O) groups excluding carboxylic acids is 1. The first kappa shape index (κ1) is 20.2. The molecule has 6 nitrogen and oxygen atoms in total. The Morgan fingerprint density at radius 1 is 0.893 bits per heavy atom. The highest BCUT2D eigenvalue weighted by molar-refractivity contribution is 5.94. The summed E-state index contributed by atoms with van der Waals surface area (Å²) in [6.07, 6.45) is 2.00. The SMILES string of the molecule is COCCOCCOc1ccc(COc2ccc(NC(=O)C3CC3)cc2)cc1. The number of hydrogen-bond acceptors (Lipinski definition) is 5. The Kier molecular flexibility index (Phi) is 7.70. The normalized spacial score (nSPS) is 13.2. The summed E-state index contributed by atoms with van der Waals surface area (Å²) in [4.78, 5) is 11.8. The molecule has 1 aliphatic carbocycles. The molecule has 6 heteroatoms. The maximum Gasteiger partial charge on any atom is 0.227 e. The molecule has 0 atom stereocenters. The van der Waals surface area contributed by atoms with Crippen LogP contribution in [0.3, 0.4) is 0 Å². The van der Waals surface area contributed by atoms with Gasteiger partial charge in [0, 0.05) is 18.7 Å². The van der Waals surface area contributed by atoms with Crippen molar-refractivity contribution in [3.63, 3.8) is 0 Å². The van der Waals surface area contributed by atoms with Gasteiger partial charge in [0.15, 0.2) is 0 Å².